The molecule has 0 saturated carbocycles. The number of halogens is 2. The Kier molecular flexibility index (Phi) is 4.94. The first-order valence-corrected chi connectivity index (χ1v) is 9.92. The smallest absolute Gasteiger partial charge is 0.279 e. The molecule has 2 aromatic carbocycles. The van der Waals surface area contributed by atoms with E-state index in [0.717, 1.165) is 21.3 Å². The van der Waals surface area contributed by atoms with Crippen LogP contribution in [0.4, 0.5) is 0 Å². The fourth-order valence-corrected chi connectivity index (χ4v) is 4.45. The number of aromatic nitrogens is 2. The molecule has 0 aliphatic heterocycles. The first kappa shape index (κ1) is 18.7. The third-order valence-corrected chi connectivity index (χ3v) is 6.09. The molecule has 1 amide bonds. The van der Waals surface area contributed by atoms with Crippen molar-refractivity contribution in [3.63, 3.8) is 0 Å². The van der Waals surface area contributed by atoms with Gasteiger partial charge >= 0.3 is 0 Å². The predicted octanol–water partition coefficient (Wildman–Crippen LogP) is 5.24. The lowest BCUT2D eigenvalue weighted by Gasteiger charge is -2.03. The molecule has 0 atom stereocenters. The Morgan fingerprint density at radius 2 is 2.07 bits per heavy atom. The number of pyridine rings is 1. The number of rotatable bonds is 2. The standard InChI is InChI=1S/C21H13Cl2N3OS/c1-3-10-26-19-17(9-7-15(22)18(19)23)28-21(26)25-20(27)14-6-8-16-13(11-14)5-4-12(2)24-16/h1,4-9,11H,10H2,2H3. The zero-order valence-electron chi connectivity index (χ0n) is 14.7. The van der Waals surface area contributed by atoms with Crippen LogP contribution >= 0.6 is 34.5 Å². The van der Waals surface area contributed by atoms with Gasteiger partial charge in [0, 0.05) is 16.6 Å². The molecule has 0 N–H and O–H groups in total. The maximum absolute atomic E-state index is 12.8. The van der Waals surface area contributed by atoms with Gasteiger partial charge in [-0.3, -0.25) is 9.78 Å². The number of nitrogens with zero attached hydrogens (tertiary/aromatic N) is 3. The third-order valence-electron chi connectivity index (χ3n) is 4.26. The van der Waals surface area contributed by atoms with Gasteiger partial charge < -0.3 is 4.57 Å². The van der Waals surface area contributed by atoms with E-state index < -0.39 is 0 Å². The van der Waals surface area contributed by atoms with Crippen molar-refractivity contribution < 1.29 is 4.79 Å². The topological polar surface area (TPSA) is 47.2 Å². The normalized spacial score (nSPS) is 11.9. The molecule has 4 aromatic rings. The third kappa shape index (κ3) is 3.31. The Bertz CT molecular complexity index is 1360. The molecule has 138 valence electrons. The van der Waals surface area contributed by atoms with E-state index in [2.05, 4.69) is 15.9 Å². The summed E-state index contributed by atoms with van der Waals surface area (Å²) in [6, 6.07) is 12.7. The van der Waals surface area contributed by atoms with Crippen LogP contribution in [0.3, 0.4) is 0 Å². The summed E-state index contributed by atoms with van der Waals surface area (Å²) in [7, 11) is 0. The summed E-state index contributed by atoms with van der Waals surface area (Å²) in [5.41, 5.74) is 2.92. The lowest BCUT2D eigenvalue weighted by atomic mass is 10.1. The minimum atomic E-state index is -0.359. The molecule has 2 heterocycles. The number of hydrogen-bond acceptors (Lipinski definition) is 3. The number of hydrogen-bond donors (Lipinski definition) is 0. The van der Waals surface area contributed by atoms with E-state index in [1.54, 1.807) is 22.8 Å². The number of amides is 1. The van der Waals surface area contributed by atoms with Crippen molar-refractivity contribution in [1.82, 2.24) is 9.55 Å². The van der Waals surface area contributed by atoms with E-state index in [0.29, 0.717) is 25.9 Å². The van der Waals surface area contributed by atoms with Gasteiger partial charge in [0.05, 0.1) is 32.3 Å². The molecule has 7 heteroatoms. The lowest BCUT2D eigenvalue weighted by molar-refractivity contribution is 0.0998. The largest absolute Gasteiger partial charge is 0.303 e. The van der Waals surface area contributed by atoms with Gasteiger partial charge in [0.15, 0.2) is 4.80 Å². The molecule has 0 spiro atoms. The quantitative estimate of drug-likeness (QED) is 0.412. The molecule has 0 bridgehead atoms. The first-order chi connectivity index (χ1) is 13.5. The molecule has 0 saturated heterocycles. The lowest BCUT2D eigenvalue weighted by Crippen LogP contribution is -2.16. The van der Waals surface area contributed by atoms with Gasteiger partial charge in [0.1, 0.15) is 0 Å². The van der Waals surface area contributed by atoms with Crippen LogP contribution in [-0.2, 0) is 6.54 Å². The first-order valence-electron chi connectivity index (χ1n) is 8.35. The molecule has 0 aliphatic rings. The van der Waals surface area contributed by atoms with Crippen molar-refractivity contribution in [2.24, 2.45) is 4.99 Å². The van der Waals surface area contributed by atoms with Gasteiger partial charge in [0.2, 0.25) is 0 Å². The zero-order valence-corrected chi connectivity index (χ0v) is 17.1. The monoisotopic (exact) mass is 425 g/mol. The second-order valence-corrected chi connectivity index (χ2v) is 7.95. The molecule has 4 nitrogen and oxygen atoms in total. The van der Waals surface area contributed by atoms with Crippen LogP contribution in [0.25, 0.3) is 21.1 Å². The zero-order chi connectivity index (χ0) is 19.8. The molecule has 0 aliphatic carbocycles. The van der Waals surface area contributed by atoms with E-state index in [-0.39, 0.29) is 12.5 Å². The van der Waals surface area contributed by atoms with Gasteiger partial charge in [-0.2, -0.15) is 4.99 Å². The minimum Gasteiger partial charge on any atom is -0.303 e. The van der Waals surface area contributed by atoms with Crippen molar-refractivity contribution >= 4 is 61.6 Å². The highest BCUT2D eigenvalue weighted by molar-refractivity contribution is 7.16. The number of thiazole rings is 1. The molecule has 0 radical (unpaired) electrons. The Labute approximate surface area is 175 Å². The number of carbonyl (C=O) groups is 1. The highest BCUT2D eigenvalue weighted by Gasteiger charge is 2.14. The Hall–Kier alpha value is -2.65. The summed E-state index contributed by atoms with van der Waals surface area (Å²) in [6.07, 6.45) is 5.51. The van der Waals surface area contributed by atoms with Crippen LogP contribution in [0.15, 0.2) is 47.5 Å². The maximum Gasteiger partial charge on any atom is 0.279 e. The van der Waals surface area contributed by atoms with Crippen LogP contribution in [0.5, 0.6) is 0 Å². The summed E-state index contributed by atoms with van der Waals surface area (Å²) in [5, 5.41) is 1.70. The summed E-state index contributed by atoms with van der Waals surface area (Å²) in [6.45, 7) is 2.16. The van der Waals surface area contributed by atoms with Crippen molar-refractivity contribution in [3.8, 4) is 12.3 Å². The van der Waals surface area contributed by atoms with Crippen LogP contribution in [-0.4, -0.2) is 15.5 Å². The Morgan fingerprint density at radius 3 is 2.86 bits per heavy atom. The minimum absolute atomic E-state index is 0.229. The van der Waals surface area contributed by atoms with Crippen LogP contribution < -0.4 is 4.80 Å². The van der Waals surface area contributed by atoms with Crippen LogP contribution in [0.2, 0.25) is 10.0 Å². The summed E-state index contributed by atoms with van der Waals surface area (Å²) < 4.78 is 2.59. The average Bonchev–Trinajstić information content (AvgIpc) is 3.02. The van der Waals surface area contributed by atoms with Crippen molar-refractivity contribution in [2.45, 2.75) is 13.5 Å². The highest BCUT2D eigenvalue weighted by Crippen LogP contribution is 2.32. The van der Waals surface area contributed by atoms with Crippen LogP contribution in [0.1, 0.15) is 16.1 Å². The SMILES string of the molecule is C#CCn1c(=NC(=O)c2ccc3nc(C)ccc3c2)sc2ccc(Cl)c(Cl)c21. The average molecular weight is 426 g/mol. The van der Waals surface area contributed by atoms with E-state index in [1.165, 1.54) is 11.3 Å². The maximum atomic E-state index is 12.8. The van der Waals surface area contributed by atoms with Crippen molar-refractivity contribution in [3.05, 3.63) is 68.6 Å². The number of aryl methyl sites for hydroxylation is 1. The molecule has 0 unspecified atom stereocenters. The second-order valence-electron chi connectivity index (χ2n) is 6.16. The molecule has 28 heavy (non-hydrogen) atoms. The molecular weight excluding hydrogens is 413 g/mol. The summed E-state index contributed by atoms with van der Waals surface area (Å²) in [5.74, 6) is 2.22. The van der Waals surface area contributed by atoms with Gasteiger partial charge in [-0.05, 0) is 43.3 Å². The Morgan fingerprint density at radius 1 is 1.25 bits per heavy atom. The van der Waals surface area contributed by atoms with E-state index in [1.807, 2.05) is 31.2 Å². The van der Waals surface area contributed by atoms with Gasteiger partial charge in [0.25, 0.3) is 5.91 Å². The van der Waals surface area contributed by atoms with Gasteiger partial charge in [-0.1, -0.05) is 46.5 Å². The molecule has 2 aromatic heterocycles. The Balaban J connectivity index is 1.86. The van der Waals surface area contributed by atoms with Gasteiger partial charge in [-0.25, -0.2) is 0 Å². The van der Waals surface area contributed by atoms with Crippen LogP contribution in [0, 0.1) is 19.3 Å². The fraction of sp³-hybridized carbons (Fsp3) is 0.0952. The summed E-state index contributed by atoms with van der Waals surface area (Å²) >= 11 is 13.8. The van der Waals surface area contributed by atoms with E-state index >= 15 is 0 Å². The van der Waals surface area contributed by atoms with Gasteiger partial charge in [-0.15, -0.1) is 6.42 Å². The van der Waals surface area contributed by atoms with Crippen molar-refractivity contribution in [1.29, 1.82) is 0 Å². The second kappa shape index (κ2) is 7.40. The number of fused-ring (bicyclic) bond motifs is 2. The molecular formula is C21H13Cl2N3OS. The predicted molar refractivity (Wildman–Crippen MR) is 115 cm³/mol. The highest BCUT2D eigenvalue weighted by atomic mass is 35.5. The molecule has 0 fully saturated rings. The number of benzene rings is 2. The summed E-state index contributed by atoms with van der Waals surface area (Å²) in [4.78, 5) is 22.0. The van der Waals surface area contributed by atoms with E-state index in [4.69, 9.17) is 29.6 Å². The van der Waals surface area contributed by atoms with Crippen molar-refractivity contribution in [2.75, 3.05) is 0 Å². The van der Waals surface area contributed by atoms with E-state index in [9.17, 15) is 4.79 Å². The fourth-order valence-electron chi connectivity index (χ4n) is 2.94. The number of terminal acetylenes is 1. The number of carbonyl (C=O) groups excluding carboxylic acids is 1. The molecule has 4 rings (SSSR count).